The van der Waals surface area contributed by atoms with Crippen LogP contribution in [0.2, 0.25) is 37.3 Å². The van der Waals surface area contributed by atoms with Gasteiger partial charge < -0.3 is 14.2 Å². The van der Waals surface area contributed by atoms with Gasteiger partial charge in [0.05, 0.1) is 0 Å². The van der Waals surface area contributed by atoms with Gasteiger partial charge in [0, 0.05) is 4.75 Å². The Balaban J connectivity index is 1.94. The second-order valence-corrected chi connectivity index (χ2v) is 21.3. The number of aliphatic carboxylic acids is 1. The Kier molecular flexibility index (Phi) is 6.19. The zero-order valence-electron chi connectivity index (χ0n) is 18.5. The summed E-state index contributed by atoms with van der Waals surface area (Å²) in [6.07, 6.45) is 4.92. The summed E-state index contributed by atoms with van der Waals surface area (Å²) in [6, 6.07) is 4.47. The van der Waals surface area contributed by atoms with Crippen molar-refractivity contribution in [3.63, 3.8) is 0 Å². The number of rotatable bonds is 8. The van der Waals surface area contributed by atoms with E-state index in [1.807, 2.05) is 13.8 Å². The van der Waals surface area contributed by atoms with E-state index in [1.165, 1.54) is 49.9 Å². The molecule has 0 bridgehead atoms. The van der Waals surface area contributed by atoms with Crippen LogP contribution in [0.1, 0.15) is 53.4 Å². The summed E-state index contributed by atoms with van der Waals surface area (Å²) < 4.78 is 2.41. The van der Waals surface area contributed by atoms with Crippen molar-refractivity contribution in [2.24, 2.45) is 0 Å². The molecule has 5 atom stereocenters. The molecule has 0 spiro atoms. The highest BCUT2D eigenvalue weighted by Crippen LogP contribution is 2.56. The monoisotopic (exact) mass is 442 g/mol. The molecule has 3 aliphatic heterocycles. The zero-order valence-corrected chi connectivity index (χ0v) is 21.3. The lowest BCUT2D eigenvalue weighted by Crippen LogP contribution is -2.77. The maximum atomic E-state index is 13.4. The first-order chi connectivity index (χ1) is 13.0. The summed E-state index contributed by atoms with van der Waals surface area (Å²) in [7, 11) is -3.33. The number of unbranched alkanes of at least 4 members (excludes halogenated alkanes) is 2. The van der Waals surface area contributed by atoms with Crippen LogP contribution in [0, 0.1) is 0 Å². The molecule has 160 valence electrons. The second-order valence-electron chi connectivity index (χ2n) is 10.1. The molecule has 3 rings (SSSR count). The van der Waals surface area contributed by atoms with Gasteiger partial charge in [0.15, 0.2) is 0 Å². The molecular weight excluding hydrogens is 404 g/mol. The number of thioether (sulfide) groups is 1. The molecule has 0 aromatic carbocycles. The molecule has 0 saturated carbocycles. The predicted octanol–water partition coefficient (Wildman–Crippen LogP) is 4.57. The number of carbonyl (C=O) groups is 2. The van der Waals surface area contributed by atoms with Gasteiger partial charge in [-0.05, 0) is 38.0 Å². The van der Waals surface area contributed by atoms with Crippen LogP contribution < -0.4 is 0 Å². The summed E-state index contributed by atoms with van der Waals surface area (Å²) in [5.74, 6) is -0.756. The number of hydrogen-bond donors (Lipinski definition) is 1. The lowest BCUT2D eigenvalue weighted by Gasteiger charge is -2.56. The van der Waals surface area contributed by atoms with Crippen molar-refractivity contribution < 1.29 is 14.7 Å². The summed E-state index contributed by atoms with van der Waals surface area (Å²) in [5.41, 5.74) is 0. The minimum atomic E-state index is -1.67. The topological polar surface area (TPSA) is 60.9 Å². The fourth-order valence-corrected chi connectivity index (χ4v) is 24.2. The molecule has 3 fully saturated rings. The molecule has 1 amide bonds. The Morgan fingerprint density at radius 1 is 1.14 bits per heavy atom. The van der Waals surface area contributed by atoms with E-state index in [9.17, 15) is 14.7 Å². The largest absolute Gasteiger partial charge is 0.480 e. The number of fused-ring (bicyclic) bond motifs is 1. The van der Waals surface area contributed by atoms with Gasteiger partial charge in [-0.1, -0.05) is 52.6 Å². The Morgan fingerprint density at radius 3 is 2.07 bits per heavy atom. The number of hydrogen-bond acceptors (Lipinski definition) is 4. The highest BCUT2D eigenvalue weighted by molar-refractivity contribution is 8.01. The maximum absolute atomic E-state index is 13.4. The van der Waals surface area contributed by atoms with Crippen molar-refractivity contribution in [2.75, 3.05) is 0 Å². The van der Waals surface area contributed by atoms with Gasteiger partial charge >= 0.3 is 5.97 Å². The minimum Gasteiger partial charge on any atom is -0.480 e. The van der Waals surface area contributed by atoms with Gasteiger partial charge in [-0.3, -0.25) is 4.79 Å². The van der Waals surface area contributed by atoms with Crippen molar-refractivity contribution in [2.45, 2.75) is 113 Å². The van der Waals surface area contributed by atoms with E-state index in [0.717, 1.165) is 0 Å². The lowest BCUT2D eigenvalue weighted by molar-refractivity contribution is -0.161. The van der Waals surface area contributed by atoms with Gasteiger partial charge in [0.1, 0.15) is 33.9 Å². The Bertz CT molecular complexity index is 627. The average molecular weight is 443 g/mol. The average Bonchev–Trinajstić information content (AvgIpc) is 3.03. The summed E-state index contributed by atoms with van der Waals surface area (Å²) >= 11 is 1.73. The minimum absolute atomic E-state index is 0.0311. The van der Waals surface area contributed by atoms with Gasteiger partial charge in [-0.15, -0.1) is 11.8 Å². The second kappa shape index (κ2) is 7.74. The van der Waals surface area contributed by atoms with Crippen LogP contribution >= 0.6 is 11.8 Å². The molecule has 8 heteroatoms. The smallest absolute Gasteiger partial charge is 0.327 e. The van der Waals surface area contributed by atoms with Crippen LogP contribution in [0.4, 0.5) is 0 Å². The third-order valence-corrected chi connectivity index (χ3v) is 21.1. The van der Waals surface area contributed by atoms with Gasteiger partial charge in [0.2, 0.25) is 5.91 Å². The van der Waals surface area contributed by atoms with E-state index in [1.54, 1.807) is 16.7 Å². The van der Waals surface area contributed by atoms with Crippen LogP contribution in [0.15, 0.2) is 0 Å². The molecule has 3 saturated heterocycles. The first kappa shape index (κ1) is 22.4. The van der Waals surface area contributed by atoms with E-state index in [-0.39, 0.29) is 17.3 Å². The molecule has 0 aromatic heterocycles. The molecular formula is C20H38N2O3SSi2. The first-order valence-corrected chi connectivity index (χ1v) is 17.6. The van der Waals surface area contributed by atoms with E-state index in [0.29, 0.717) is 0 Å². The van der Waals surface area contributed by atoms with Crippen LogP contribution in [0.25, 0.3) is 0 Å². The molecule has 2 unspecified atom stereocenters. The van der Waals surface area contributed by atoms with E-state index < -0.39 is 33.2 Å². The first-order valence-electron chi connectivity index (χ1n) is 11.0. The molecule has 0 aromatic rings. The number of carbonyl (C=O) groups excluding carboxylic acids is 1. The van der Waals surface area contributed by atoms with E-state index in [4.69, 9.17) is 0 Å². The fraction of sp³-hybridized carbons (Fsp3) is 0.900. The SMILES string of the molecule is CCCC[Si]1(C)CC[Si](C)(CCCC)N1[C@@H]1C(=O)N2[C@@H]1SC(C)(C)[C@@H]2C(=O)O. The number of carboxylic acids is 1. The van der Waals surface area contributed by atoms with Gasteiger partial charge in [-0.2, -0.15) is 0 Å². The van der Waals surface area contributed by atoms with Gasteiger partial charge in [-0.25, -0.2) is 4.79 Å². The third-order valence-electron chi connectivity index (χ3n) is 7.43. The highest BCUT2D eigenvalue weighted by atomic mass is 32.2. The summed E-state index contributed by atoms with van der Waals surface area (Å²) in [5, 5.41) is 9.81. The van der Waals surface area contributed by atoms with E-state index in [2.05, 4.69) is 31.2 Å². The predicted molar refractivity (Wildman–Crippen MR) is 122 cm³/mol. The van der Waals surface area contributed by atoms with Crippen molar-refractivity contribution in [3.05, 3.63) is 0 Å². The zero-order chi connectivity index (χ0) is 20.9. The Morgan fingerprint density at radius 2 is 1.64 bits per heavy atom. The van der Waals surface area contributed by atoms with Crippen LogP contribution in [-0.2, 0) is 9.59 Å². The quantitative estimate of drug-likeness (QED) is 0.441. The summed E-state index contributed by atoms with van der Waals surface area (Å²) in [4.78, 5) is 27.0. The number of nitrogens with zero attached hydrogens (tertiary/aromatic N) is 2. The number of β-lactam (4-membered cyclic amide) rings is 1. The molecule has 28 heavy (non-hydrogen) atoms. The molecule has 5 nitrogen and oxygen atoms in total. The Hall–Kier alpha value is -0.316. The van der Waals surface area contributed by atoms with Crippen LogP contribution in [0.5, 0.6) is 0 Å². The standard InChI is InChI=1S/C20H38N2O3SSi2/c1-7-9-11-27(5)13-14-28(6,12-10-8-2)22(27)15-17(23)21-16(19(24)25)20(3,4)26-18(15)21/h15-16,18H,7-14H2,1-6H3,(H,24,25)/t15-,16+,18-,27?,28?/m1/s1. The third kappa shape index (κ3) is 3.42. The number of amides is 1. The van der Waals surface area contributed by atoms with Crippen molar-refractivity contribution in [1.82, 2.24) is 9.13 Å². The van der Waals surface area contributed by atoms with Crippen molar-refractivity contribution in [1.29, 1.82) is 0 Å². The molecule has 3 heterocycles. The lowest BCUT2D eigenvalue weighted by atomic mass is 9.96. The van der Waals surface area contributed by atoms with Crippen molar-refractivity contribution in [3.8, 4) is 0 Å². The maximum Gasteiger partial charge on any atom is 0.327 e. The fourth-order valence-electron chi connectivity index (χ4n) is 5.94. The highest BCUT2D eigenvalue weighted by Gasteiger charge is 2.69. The molecule has 1 N–H and O–H groups in total. The summed E-state index contributed by atoms with van der Waals surface area (Å²) in [6.45, 7) is 13.5. The molecule has 0 aliphatic carbocycles. The van der Waals surface area contributed by atoms with Crippen LogP contribution in [0.3, 0.4) is 0 Å². The molecule has 3 aliphatic rings. The normalized spacial score (nSPS) is 39.9. The number of carboxylic acid groups (broad SMARTS) is 1. The Labute approximate surface area is 176 Å². The van der Waals surface area contributed by atoms with E-state index >= 15 is 0 Å². The van der Waals surface area contributed by atoms with Crippen molar-refractivity contribution >= 4 is 40.1 Å². The molecule has 0 radical (unpaired) electrons. The van der Waals surface area contributed by atoms with Crippen LogP contribution in [-0.4, -0.2) is 64.8 Å². The van der Waals surface area contributed by atoms with Gasteiger partial charge in [0.25, 0.3) is 0 Å².